The third-order valence-corrected chi connectivity index (χ3v) is 1.68. The van der Waals surface area contributed by atoms with Crippen molar-refractivity contribution in [1.82, 2.24) is 0 Å². The molecule has 0 aliphatic rings. The highest BCUT2D eigenvalue weighted by molar-refractivity contribution is 5.96. The topological polar surface area (TPSA) is 53.0 Å². The van der Waals surface area contributed by atoms with Crippen LogP contribution in [0.15, 0.2) is 18.2 Å². The molecule has 1 aromatic carbocycles. The first kappa shape index (κ1) is 8.46. The van der Waals surface area contributed by atoms with Crippen molar-refractivity contribution in [2.75, 3.05) is 12.4 Å². The average molecular weight is 162 g/mol. The van der Waals surface area contributed by atoms with Gasteiger partial charge in [-0.3, -0.25) is 4.79 Å². The normalized spacial score (nSPS) is 9.08. The van der Waals surface area contributed by atoms with E-state index in [1.54, 1.807) is 19.2 Å². The molecule has 0 heterocycles. The third kappa shape index (κ3) is 1.34. The Morgan fingerprint density at radius 2 is 2.25 bits per heavy atom. The van der Waals surface area contributed by atoms with E-state index in [9.17, 15) is 4.79 Å². The molecule has 0 unspecified atom stereocenters. The Morgan fingerprint density at radius 1 is 1.50 bits per heavy atom. The molecular formula is C9H10N2O. The lowest BCUT2D eigenvalue weighted by molar-refractivity contribution is 0.112. The number of carbonyl (C=O) groups is 1. The largest absolute Gasteiger partial charge is 0.388 e. The summed E-state index contributed by atoms with van der Waals surface area (Å²) in [5, 5.41) is 10.0. The second kappa shape index (κ2) is 3.67. The fraction of sp³-hybridized carbons (Fsp3) is 0.111. The molecule has 0 bridgehead atoms. The molecule has 62 valence electrons. The summed E-state index contributed by atoms with van der Waals surface area (Å²) in [5.41, 5.74) is 1.97. The molecule has 0 aromatic heterocycles. The molecule has 0 aliphatic heterocycles. The van der Waals surface area contributed by atoms with Crippen LogP contribution in [0.3, 0.4) is 0 Å². The van der Waals surface area contributed by atoms with E-state index in [0.29, 0.717) is 11.1 Å². The Labute approximate surface area is 70.9 Å². The van der Waals surface area contributed by atoms with Crippen molar-refractivity contribution in [1.29, 1.82) is 5.41 Å². The van der Waals surface area contributed by atoms with Crippen LogP contribution >= 0.6 is 0 Å². The fourth-order valence-electron chi connectivity index (χ4n) is 1.06. The summed E-state index contributed by atoms with van der Waals surface area (Å²) in [7, 11) is 1.76. The van der Waals surface area contributed by atoms with Crippen molar-refractivity contribution in [2.45, 2.75) is 0 Å². The second-order valence-corrected chi connectivity index (χ2v) is 2.32. The van der Waals surface area contributed by atoms with Gasteiger partial charge in [-0.1, -0.05) is 12.1 Å². The highest BCUT2D eigenvalue weighted by Gasteiger charge is 2.02. The van der Waals surface area contributed by atoms with Gasteiger partial charge in [0.15, 0.2) is 6.29 Å². The molecule has 1 rings (SSSR count). The van der Waals surface area contributed by atoms with Crippen LogP contribution in [0.4, 0.5) is 5.69 Å². The number of hydrogen-bond acceptors (Lipinski definition) is 3. The molecule has 3 nitrogen and oxygen atoms in total. The Kier molecular flexibility index (Phi) is 2.58. The number of rotatable bonds is 3. The van der Waals surface area contributed by atoms with E-state index < -0.39 is 0 Å². The van der Waals surface area contributed by atoms with E-state index in [1.165, 1.54) is 6.21 Å². The van der Waals surface area contributed by atoms with Gasteiger partial charge in [-0.15, -0.1) is 0 Å². The quantitative estimate of drug-likeness (QED) is 0.523. The lowest BCUT2D eigenvalue weighted by Gasteiger charge is -2.05. The van der Waals surface area contributed by atoms with Crippen LogP contribution < -0.4 is 5.32 Å². The summed E-state index contributed by atoms with van der Waals surface area (Å²) < 4.78 is 0. The number of hydrogen-bond donors (Lipinski definition) is 2. The number of carbonyl (C=O) groups excluding carboxylic acids is 1. The predicted octanol–water partition coefficient (Wildman–Crippen LogP) is 1.54. The van der Waals surface area contributed by atoms with Gasteiger partial charge in [0, 0.05) is 30.1 Å². The molecule has 12 heavy (non-hydrogen) atoms. The van der Waals surface area contributed by atoms with E-state index in [-0.39, 0.29) is 0 Å². The van der Waals surface area contributed by atoms with Crippen LogP contribution in [0.2, 0.25) is 0 Å². The minimum atomic E-state index is 0.539. The lowest BCUT2D eigenvalue weighted by Crippen LogP contribution is -1.98. The van der Waals surface area contributed by atoms with Crippen molar-refractivity contribution < 1.29 is 4.79 Å². The monoisotopic (exact) mass is 162 g/mol. The van der Waals surface area contributed by atoms with Crippen LogP contribution in [0, 0.1) is 5.41 Å². The van der Waals surface area contributed by atoms with Crippen LogP contribution in [-0.2, 0) is 0 Å². The summed E-state index contributed by atoms with van der Waals surface area (Å²) in [5.74, 6) is 0. The zero-order chi connectivity index (χ0) is 8.97. The molecule has 0 aliphatic carbocycles. The van der Waals surface area contributed by atoms with Gasteiger partial charge in [-0.2, -0.15) is 0 Å². The number of anilines is 1. The maximum absolute atomic E-state index is 10.5. The number of nitrogens with one attached hydrogen (secondary N) is 2. The summed E-state index contributed by atoms with van der Waals surface area (Å²) in [4.78, 5) is 10.5. The van der Waals surface area contributed by atoms with E-state index in [1.807, 2.05) is 6.07 Å². The maximum atomic E-state index is 10.5. The highest BCUT2D eigenvalue weighted by atomic mass is 16.1. The van der Waals surface area contributed by atoms with E-state index in [0.717, 1.165) is 12.0 Å². The Balaban J connectivity index is 3.31. The van der Waals surface area contributed by atoms with Gasteiger partial charge in [0.05, 0.1) is 0 Å². The molecule has 0 amide bonds. The van der Waals surface area contributed by atoms with Gasteiger partial charge in [-0.25, -0.2) is 0 Å². The van der Waals surface area contributed by atoms with Gasteiger partial charge < -0.3 is 10.7 Å². The standard InChI is InChI=1S/C9H10N2O/c1-11-9-4-2-3-7(6-12)8(9)5-10/h2-6,10-11H,1H3. The summed E-state index contributed by atoms with van der Waals surface area (Å²) in [6.07, 6.45) is 1.93. The highest BCUT2D eigenvalue weighted by Crippen LogP contribution is 2.15. The van der Waals surface area contributed by atoms with E-state index in [2.05, 4.69) is 5.32 Å². The van der Waals surface area contributed by atoms with Crippen LogP contribution in [-0.4, -0.2) is 19.5 Å². The molecule has 0 saturated carbocycles. The Hall–Kier alpha value is -1.64. The summed E-state index contributed by atoms with van der Waals surface area (Å²) in [6, 6.07) is 5.30. The third-order valence-electron chi connectivity index (χ3n) is 1.68. The number of benzene rings is 1. The summed E-state index contributed by atoms with van der Waals surface area (Å²) in [6.45, 7) is 0. The van der Waals surface area contributed by atoms with Crippen molar-refractivity contribution >= 4 is 18.2 Å². The van der Waals surface area contributed by atoms with Crippen molar-refractivity contribution in [3.63, 3.8) is 0 Å². The van der Waals surface area contributed by atoms with Crippen molar-refractivity contribution in [3.05, 3.63) is 29.3 Å². The molecule has 0 saturated heterocycles. The molecule has 2 N–H and O–H groups in total. The van der Waals surface area contributed by atoms with E-state index >= 15 is 0 Å². The fourth-order valence-corrected chi connectivity index (χ4v) is 1.06. The zero-order valence-electron chi connectivity index (χ0n) is 6.79. The summed E-state index contributed by atoms with van der Waals surface area (Å²) >= 11 is 0. The van der Waals surface area contributed by atoms with Crippen molar-refractivity contribution in [3.8, 4) is 0 Å². The average Bonchev–Trinajstić information content (AvgIpc) is 2.16. The molecule has 0 atom stereocenters. The molecule has 0 radical (unpaired) electrons. The minimum absolute atomic E-state index is 0.539. The molecular weight excluding hydrogens is 152 g/mol. The van der Waals surface area contributed by atoms with Crippen LogP contribution in [0.5, 0.6) is 0 Å². The smallest absolute Gasteiger partial charge is 0.150 e. The Morgan fingerprint density at radius 3 is 2.75 bits per heavy atom. The minimum Gasteiger partial charge on any atom is -0.388 e. The first-order chi connectivity index (χ1) is 5.83. The van der Waals surface area contributed by atoms with Gasteiger partial charge >= 0.3 is 0 Å². The van der Waals surface area contributed by atoms with Gasteiger partial charge in [0.25, 0.3) is 0 Å². The van der Waals surface area contributed by atoms with Gasteiger partial charge in [0.1, 0.15) is 0 Å². The maximum Gasteiger partial charge on any atom is 0.150 e. The van der Waals surface area contributed by atoms with Crippen LogP contribution in [0.25, 0.3) is 0 Å². The zero-order valence-corrected chi connectivity index (χ0v) is 6.79. The molecule has 3 heteroatoms. The molecule has 0 fully saturated rings. The van der Waals surface area contributed by atoms with Gasteiger partial charge in [-0.05, 0) is 6.07 Å². The van der Waals surface area contributed by atoms with E-state index in [4.69, 9.17) is 5.41 Å². The second-order valence-electron chi connectivity index (χ2n) is 2.32. The molecule has 0 spiro atoms. The first-order valence-corrected chi connectivity index (χ1v) is 3.60. The number of aldehydes is 1. The lowest BCUT2D eigenvalue weighted by atomic mass is 10.1. The predicted molar refractivity (Wildman–Crippen MR) is 49.3 cm³/mol. The van der Waals surface area contributed by atoms with Gasteiger partial charge in [0.2, 0.25) is 0 Å². The van der Waals surface area contributed by atoms with Crippen molar-refractivity contribution in [2.24, 2.45) is 0 Å². The SMILES string of the molecule is CNc1cccc(C=O)c1C=N. The molecule has 1 aromatic rings. The van der Waals surface area contributed by atoms with Crippen LogP contribution in [0.1, 0.15) is 15.9 Å². The Bertz CT molecular complexity index is 307. The first-order valence-electron chi connectivity index (χ1n) is 3.60.